The summed E-state index contributed by atoms with van der Waals surface area (Å²) < 4.78 is 10.8. The molecule has 2 N–H and O–H groups in total. The van der Waals surface area contributed by atoms with Crippen molar-refractivity contribution >= 4 is 23.0 Å². The highest BCUT2D eigenvalue weighted by Crippen LogP contribution is 2.34. The Hall–Kier alpha value is -2.31. The first-order valence-electron chi connectivity index (χ1n) is 7.66. The molecule has 1 fully saturated rings. The van der Waals surface area contributed by atoms with Gasteiger partial charge in [-0.05, 0) is 50.3 Å². The van der Waals surface area contributed by atoms with Gasteiger partial charge in [0.05, 0.1) is 19.9 Å². The number of benzene rings is 2. The molecular weight excluding hydrogens is 322 g/mol. The number of nitrogens with one attached hydrogen (secondary N) is 2. The summed E-state index contributed by atoms with van der Waals surface area (Å²) in [5.74, 6) is 1.47. The Morgan fingerprint density at radius 3 is 2.38 bits per heavy atom. The Bertz CT molecular complexity index is 763. The number of methoxy groups -OCH3 is 2. The van der Waals surface area contributed by atoms with E-state index in [1.807, 2.05) is 42.3 Å². The minimum atomic E-state index is -0.584. The van der Waals surface area contributed by atoms with Crippen molar-refractivity contribution in [3.8, 4) is 11.5 Å². The van der Waals surface area contributed by atoms with Crippen LogP contribution in [0, 0.1) is 6.92 Å². The standard InChI is InChI=1S/C18H21N3O2S/c1-12-5-7-13(8-6-12)21-17(24)19-18(2,20-21)15-10-9-14(22-3)11-16(15)23-4/h5-11,20H,1-4H3,(H,19,24)/t18-/m0/s1. The van der Waals surface area contributed by atoms with Gasteiger partial charge in [-0.3, -0.25) is 0 Å². The molecule has 1 aliphatic rings. The number of hydrazine groups is 1. The number of hydrogen-bond acceptors (Lipinski definition) is 4. The van der Waals surface area contributed by atoms with Gasteiger partial charge in [0.15, 0.2) is 5.11 Å². The molecule has 0 aliphatic carbocycles. The summed E-state index contributed by atoms with van der Waals surface area (Å²) in [6.45, 7) is 4.09. The molecule has 0 bridgehead atoms. The first-order valence-corrected chi connectivity index (χ1v) is 8.07. The molecule has 24 heavy (non-hydrogen) atoms. The lowest BCUT2D eigenvalue weighted by atomic mass is 10.0. The fourth-order valence-corrected chi connectivity index (χ4v) is 3.14. The lowest BCUT2D eigenvalue weighted by Crippen LogP contribution is -2.46. The summed E-state index contributed by atoms with van der Waals surface area (Å²) in [5.41, 5.74) is 5.99. The van der Waals surface area contributed by atoms with Crippen molar-refractivity contribution in [3.63, 3.8) is 0 Å². The Labute approximate surface area is 147 Å². The van der Waals surface area contributed by atoms with E-state index < -0.39 is 5.66 Å². The molecular formula is C18H21N3O2S. The number of nitrogens with zero attached hydrogens (tertiary/aromatic N) is 1. The Kier molecular flexibility index (Phi) is 4.34. The third kappa shape index (κ3) is 2.90. The Balaban J connectivity index is 1.95. The molecule has 0 unspecified atom stereocenters. The lowest BCUT2D eigenvalue weighted by Gasteiger charge is -2.28. The molecule has 3 rings (SSSR count). The second kappa shape index (κ2) is 6.30. The van der Waals surface area contributed by atoms with Crippen LogP contribution in [0.15, 0.2) is 42.5 Å². The summed E-state index contributed by atoms with van der Waals surface area (Å²) in [6.07, 6.45) is 0. The van der Waals surface area contributed by atoms with Crippen LogP contribution in [0.3, 0.4) is 0 Å². The summed E-state index contributed by atoms with van der Waals surface area (Å²) >= 11 is 5.52. The van der Waals surface area contributed by atoms with Crippen LogP contribution in [0.5, 0.6) is 11.5 Å². The van der Waals surface area contributed by atoms with Crippen molar-refractivity contribution in [2.45, 2.75) is 19.5 Å². The summed E-state index contributed by atoms with van der Waals surface area (Å²) in [7, 11) is 3.28. The first kappa shape index (κ1) is 16.5. The van der Waals surface area contributed by atoms with Crippen molar-refractivity contribution < 1.29 is 9.47 Å². The zero-order valence-electron chi connectivity index (χ0n) is 14.2. The van der Waals surface area contributed by atoms with Gasteiger partial charge in [-0.25, -0.2) is 5.01 Å². The average Bonchev–Trinajstić information content (AvgIpc) is 2.90. The molecule has 0 amide bonds. The molecule has 0 radical (unpaired) electrons. The Morgan fingerprint density at radius 2 is 1.75 bits per heavy atom. The maximum absolute atomic E-state index is 5.54. The van der Waals surface area contributed by atoms with Crippen molar-refractivity contribution in [3.05, 3.63) is 53.6 Å². The molecule has 2 aromatic rings. The molecule has 5 nitrogen and oxygen atoms in total. The molecule has 2 aromatic carbocycles. The van der Waals surface area contributed by atoms with Crippen LogP contribution in [-0.2, 0) is 5.66 Å². The maximum Gasteiger partial charge on any atom is 0.190 e. The van der Waals surface area contributed by atoms with Crippen LogP contribution in [0.25, 0.3) is 0 Å². The van der Waals surface area contributed by atoms with Gasteiger partial charge >= 0.3 is 0 Å². The molecule has 1 saturated heterocycles. The number of hydrogen-bond donors (Lipinski definition) is 2. The SMILES string of the molecule is COc1ccc([C@@]2(C)NC(=S)N(c3ccc(C)cc3)N2)c(OC)c1. The van der Waals surface area contributed by atoms with Gasteiger partial charge < -0.3 is 14.8 Å². The number of anilines is 1. The number of ether oxygens (including phenoxy) is 2. The minimum Gasteiger partial charge on any atom is -0.497 e. The van der Waals surface area contributed by atoms with Gasteiger partial charge in [-0.15, -0.1) is 0 Å². The molecule has 1 aliphatic heterocycles. The van der Waals surface area contributed by atoms with E-state index >= 15 is 0 Å². The van der Waals surface area contributed by atoms with Crippen LogP contribution < -0.4 is 25.2 Å². The highest BCUT2D eigenvalue weighted by Gasteiger charge is 2.40. The van der Waals surface area contributed by atoms with Crippen molar-refractivity contribution in [2.24, 2.45) is 0 Å². The van der Waals surface area contributed by atoms with Gasteiger partial charge in [-0.2, -0.15) is 5.43 Å². The van der Waals surface area contributed by atoms with E-state index in [2.05, 4.69) is 29.8 Å². The normalized spacial score (nSPS) is 20.0. The van der Waals surface area contributed by atoms with Crippen LogP contribution in [0.2, 0.25) is 0 Å². The van der Waals surface area contributed by atoms with Gasteiger partial charge in [0.25, 0.3) is 0 Å². The second-order valence-corrected chi connectivity index (χ2v) is 6.29. The fraction of sp³-hybridized carbons (Fsp3) is 0.278. The van der Waals surface area contributed by atoms with Crippen LogP contribution >= 0.6 is 12.2 Å². The van der Waals surface area contributed by atoms with Crippen molar-refractivity contribution in [2.75, 3.05) is 19.2 Å². The Morgan fingerprint density at radius 1 is 1.04 bits per heavy atom. The molecule has 0 spiro atoms. The lowest BCUT2D eigenvalue weighted by molar-refractivity contribution is 0.345. The first-order chi connectivity index (χ1) is 11.5. The third-order valence-corrected chi connectivity index (χ3v) is 4.42. The maximum atomic E-state index is 5.54. The zero-order valence-corrected chi connectivity index (χ0v) is 15.0. The van der Waals surface area contributed by atoms with E-state index in [9.17, 15) is 0 Å². The van der Waals surface area contributed by atoms with E-state index in [-0.39, 0.29) is 0 Å². The van der Waals surface area contributed by atoms with E-state index in [0.29, 0.717) is 5.11 Å². The summed E-state index contributed by atoms with van der Waals surface area (Å²) in [6, 6.07) is 13.9. The third-order valence-electron chi connectivity index (χ3n) is 4.13. The van der Waals surface area contributed by atoms with Crippen molar-refractivity contribution in [1.29, 1.82) is 0 Å². The number of rotatable bonds is 4. The average molecular weight is 343 g/mol. The predicted octanol–water partition coefficient (Wildman–Crippen LogP) is 3.08. The molecule has 1 atom stereocenters. The fourth-order valence-electron chi connectivity index (χ4n) is 2.79. The smallest absolute Gasteiger partial charge is 0.190 e. The molecule has 0 aromatic heterocycles. The van der Waals surface area contributed by atoms with Crippen molar-refractivity contribution in [1.82, 2.24) is 10.7 Å². The number of aryl methyl sites for hydroxylation is 1. The summed E-state index contributed by atoms with van der Waals surface area (Å²) in [5, 5.41) is 5.83. The molecule has 126 valence electrons. The quantitative estimate of drug-likeness (QED) is 0.832. The highest BCUT2D eigenvalue weighted by atomic mass is 32.1. The van der Waals surface area contributed by atoms with Gasteiger partial charge in [0, 0.05) is 11.6 Å². The van der Waals surface area contributed by atoms with Gasteiger partial charge in [0.2, 0.25) is 0 Å². The highest BCUT2D eigenvalue weighted by molar-refractivity contribution is 7.80. The topological polar surface area (TPSA) is 45.8 Å². The van der Waals surface area contributed by atoms with Crippen LogP contribution in [-0.4, -0.2) is 19.3 Å². The van der Waals surface area contributed by atoms with E-state index in [1.54, 1.807) is 14.2 Å². The molecule has 0 saturated carbocycles. The molecule has 1 heterocycles. The summed E-state index contributed by atoms with van der Waals surface area (Å²) in [4.78, 5) is 0. The van der Waals surface area contributed by atoms with Gasteiger partial charge in [-0.1, -0.05) is 17.7 Å². The largest absolute Gasteiger partial charge is 0.497 e. The minimum absolute atomic E-state index is 0.584. The van der Waals surface area contributed by atoms with E-state index in [0.717, 1.165) is 22.7 Å². The van der Waals surface area contributed by atoms with Crippen LogP contribution in [0.1, 0.15) is 18.1 Å². The zero-order chi connectivity index (χ0) is 17.3. The van der Waals surface area contributed by atoms with E-state index in [4.69, 9.17) is 21.7 Å². The number of thiocarbonyl (C=S) groups is 1. The second-order valence-electron chi connectivity index (χ2n) is 5.90. The predicted molar refractivity (Wildman–Crippen MR) is 99.4 cm³/mol. The monoisotopic (exact) mass is 343 g/mol. The molecule has 6 heteroatoms. The van der Waals surface area contributed by atoms with Gasteiger partial charge in [0.1, 0.15) is 17.2 Å². The van der Waals surface area contributed by atoms with E-state index in [1.165, 1.54) is 5.56 Å². The van der Waals surface area contributed by atoms with Crippen LogP contribution in [0.4, 0.5) is 5.69 Å².